The standard InChI is InChI=1S/C18H11N5OS/c19-9-13(18-22-14-6-1-2-7-15(14)25-18)16(24)11-4-3-5-12(8-11)17-20-10-21-23-17/h1-8,10,13H,(H,20,21,23)/t13-/m0/s1. The Kier molecular flexibility index (Phi) is 3.80. The fourth-order valence-corrected chi connectivity index (χ4v) is 3.58. The highest BCUT2D eigenvalue weighted by molar-refractivity contribution is 7.18. The molecule has 0 unspecified atom stereocenters. The summed E-state index contributed by atoms with van der Waals surface area (Å²) in [6, 6.07) is 16.7. The van der Waals surface area contributed by atoms with Crippen LogP contribution < -0.4 is 0 Å². The number of fused-ring (bicyclic) bond motifs is 1. The third-order valence-corrected chi connectivity index (χ3v) is 4.89. The number of H-pyrrole nitrogens is 1. The summed E-state index contributed by atoms with van der Waals surface area (Å²) in [7, 11) is 0. The number of nitrogens with one attached hydrogen (secondary N) is 1. The maximum atomic E-state index is 12.9. The first-order valence-electron chi connectivity index (χ1n) is 7.51. The van der Waals surface area contributed by atoms with E-state index in [0.717, 1.165) is 15.8 Å². The van der Waals surface area contributed by atoms with Gasteiger partial charge in [-0.2, -0.15) is 10.4 Å². The van der Waals surface area contributed by atoms with E-state index in [0.29, 0.717) is 16.4 Å². The molecular formula is C18H11N5OS. The van der Waals surface area contributed by atoms with Gasteiger partial charge in [0.15, 0.2) is 17.5 Å². The highest BCUT2D eigenvalue weighted by Crippen LogP contribution is 2.30. The van der Waals surface area contributed by atoms with Crippen molar-refractivity contribution in [3.8, 4) is 17.5 Å². The number of nitriles is 1. The zero-order chi connectivity index (χ0) is 17.2. The van der Waals surface area contributed by atoms with Crippen LogP contribution in [0.15, 0.2) is 54.9 Å². The first kappa shape index (κ1) is 15.2. The lowest BCUT2D eigenvalue weighted by atomic mass is 9.98. The monoisotopic (exact) mass is 345 g/mol. The minimum atomic E-state index is -0.928. The third-order valence-electron chi connectivity index (χ3n) is 3.78. The topological polar surface area (TPSA) is 95.3 Å². The molecule has 6 nitrogen and oxygen atoms in total. The molecule has 0 spiro atoms. The molecule has 2 heterocycles. The zero-order valence-corrected chi connectivity index (χ0v) is 13.7. The molecule has 2 aromatic carbocycles. The van der Waals surface area contributed by atoms with Crippen molar-refractivity contribution in [2.24, 2.45) is 0 Å². The first-order chi connectivity index (χ1) is 12.3. The fraction of sp³-hybridized carbons (Fsp3) is 0.0556. The number of para-hydroxylation sites is 1. The number of aromatic amines is 1. The van der Waals surface area contributed by atoms with E-state index in [9.17, 15) is 10.1 Å². The van der Waals surface area contributed by atoms with Gasteiger partial charge in [0.2, 0.25) is 0 Å². The number of thiazole rings is 1. The van der Waals surface area contributed by atoms with Gasteiger partial charge in [0, 0.05) is 11.1 Å². The fourth-order valence-electron chi connectivity index (χ4n) is 2.57. The molecule has 7 heteroatoms. The molecule has 2 aromatic heterocycles. The van der Waals surface area contributed by atoms with Crippen LogP contribution >= 0.6 is 11.3 Å². The van der Waals surface area contributed by atoms with Gasteiger partial charge >= 0.3 is 0 Å². The second-order valence-corrected chi connectivity index (χ2v) is 6.42. The summed E-state index contributed by atoms with van der Waals surface area (Å²) in [5, 5.41) is 16.6. The quantitative estimate of drug-likeness (QED) is 0.570. The summed E-state index contributed by atoms with van der Waals surface area (Å²) in [5.74, 6) is -0.631. The van der Waals surface area contributed by atoms with E-state index in [2.05, 4.69) is 26.2 Å². The summed E-state index contributed by atoms with van der Waals surface area (Å²) in [4.78, 5) is 21.4. The zero-order valence-electron chi connectivity index (χ0n) is 12.9. The molecule has 4 aromatic rings. The summed E-state index contributed by atoms with van der Waals surface area (Å²) in [5.41, 5.74) is 1.98. The van der Waals surface area contributed by atoms with Crippen molar-refractivity contribution in [3.63, 3.8) is 0 Å². The van der Waals surface area contributed by atoms with Gasteiger partial charge in [0.05, 0.1) is 16.3 Å². The lowest BCUT2D eigenvalue weighted by Gasteiger charge is -2.06. The van der Waals surface area contributed by atoms with E-state index in [4.69, 9.17) is 0 Å². The molecule has 1 atom stereocenters. The van der Waals surface area contributed by atoms with E-state index in [1.807, 2.05) is 30.3 Å². The number of nitrogens with zero attached hydrogens (tertiary/aromatic N) is 4. The number of rotatable bonds is 4. The summed E-state index contributed by atoms with van der Waals surface area (Å²) >= 11 is 1.37. The highest BCUT2D eigenvalue weighted by atomic mass is 32.1. The van der Waals surface area contributed by atoms with Gasteiger partial charge in [-0.1, -0.05) is 30.3 Å². The maximum absolute atomic E-state index is 12.9. The number of hydrogen-bond donors (Lipinski definition) is 1. The van der Waals surface area contributed by atoms with Crippen LogP contribution in [-0.4, -0.2) is 25.9 Å². The van der Waals surface area contributed by atoms with Gasteiger partial charge in [0.1, 0.15) is 11.3 Å². The van der Waals surface area contributed by atoms with Crippen molar-refractivity contribution in [2.75, 3.05) is 0 Å². The number of carbonyl (C=O) groups is 1. The van der Waals surface area contributed by atoms with Gasteiger partial charge in [-0.05, 0) is 18.2 Å². The predicted molar refractivity (Wildman–Crippen MR) is 94.1 cm³/mol. The number of aromatic nitrogens is 4. The van der Waals surface area contributed by atoms with Crippen LogP contribution in [0.5, 0.6) is 0 Å². The molecular weight excluding hydrogens is 334 g/mol. The number of ketones is 1. The maximum Gasteiger partial charge on any atom is 0.186 e. The average Bonchev–Trinajstić information content (AvgIpc) is 3.32. The van der Waals surface area contributed by atoms with Gasteiger partial charge < -0.3 is 0 Å². The number of Topliss-reactive ketones (excluding diaryl/α,β-unsaturated/α-hetero) is 1. The summed E-state index contributed by atoms with van der Waals surface area (Å²) < 4.78 is 0.959. The Labute approximate surface area is 146 Å². The normalized spacial score (nSPS) is 12.0. The molecule has 0 aliphatic rings. The van der Waals surface area contributed by atoms with E-state index >= 15 is 0 Å². The molecule has 4 rings (SSSR count). The SMILES string of the molecule is N#C[C@@H](C(=O)c1cccc(-c2ncn[nH]2)c1)c1nc2ccccc2s1. The van der Waals surface area contributed by atoms with Crippen LogP contribution in [0.1, 0.15) is 21.3 Å². The lowest BCUT2D eigenvalue weighted by molar-refractivity contribution is 0.0979. The van der Waals surface area contributed by atoms with Crippen molar-refractivity contribution in [1.29, 1.82) is 5.26 Å². The van der Waals surface area contributed by atoms with Crippen molar-refractivity contribution in [2.45, 2.75) is 5.92 Å². The summed E-state index contributed by atoms with van der Waals surface area (Å²) in [6.45, 7) is 0. The summed E-state index contributed by atoms with van der Waals surface area (Å²) in [6.07, 6.45) is 1.41. The molecule has 0 fully saturated rings. The molecule has 0 saturated carbocycles. The van der Waals surface area contributed by atoms with Crippen LogP contribution in [0.25, 0.3) is 21.6 Å². The molecule has 120 valence electrons. The van der Waals surface area contributed by atoms with Crippen molar-refractivity contribution >= 4 is 27.3 Å². The van der Waals surface area contributed by atoms with Gasteiger partial charge in [-0.3, -0.25) is 9.89 Å². The van der Waals surface area contributed by atoms with Crippen LogP contribution in [0.2, 0.25) is 0 Å². The predicted octanol–water partition coefficient (Wildman–Crippen LogP) is 3.57. The Bertz CT molecular complexity index is 1060. The molecule has 0 amide bonds. The molecule has 0 radical (unpaired) electrons. The van der Waals surface area contributed by atoms with Gasteiger partial charge in [0.25, 0.3) is 0 Å². The second-order valence-electron chi connectivity index (χ2n) is 5.36. The Hall–Kier alpha value is -3.37. The second kappa shape index (κ2) is 6.26. The minimum absolute atomic E-state index is 0.275. The first-order valence-corrected chi connectivity index (χ1v) is 8.33. The Morgan fingerprint density at radius 2 is 2.08 bits per heavy atom. The number of carbonyl (C=O) groups excluding carboxylic acids is 1. The van der Waals surface area contributed by atoms with Crippen molar-refractivity contribution in [3.05, 3.63) is 65.4 Å². The number of benzene rings is 2. The Morgan fingerprint density at radius 3 is 2.84 bits per heavy atom. The number of hydrogen-bond acceptors (Lipinski definition) is 6. The van der Waals surface area contributed by atoms with Gasteiger partial charge in [-0.15, -0.1) is 11.3 Å². The van der Waals surface area contributed by atoms with Crippen LogP contribution in [0, 0.1) is 11.3 Å². The van der Waals surface area contributed by atoms with Crippen LogP contribution in [0.3, 0.4) is 0 Å². The van der Waals surface area contributed by atoms with Gasteiger partial charge in [-0.25, -0.2) is 9.97 Å². The minimum Gasteiger partial charge on any atom is -0.292 e. The van der Waals surface area contributed by atoms with Crippen molar-refractivity contribution < 1.29 is 4.79 Å². The van der Waals surface area contributed by atoms with Crippen LogP contribution in [-0.2, 0) is 0 Å². The lowest BCUT2D eigenvalue weighted by Crippen LogP contribution is -2.11. The average molecular weight is 345 g/mol. The molecule has 0 aliphatic carbocycles. The third kappa shape index (κ3) is 2.79. The molecule has 1 N–H and O–H groups in total. The molecule has 25 heavy (non-hydrogen) atoms. The largest absolute Gasteiger partial charge is 0.292 e. The highest BCUT2D eigenvalue weighted by Gasteiger charge is 2.25. The van der Waals surface area contributed by atoms with Crippen molar-refractivity contribution in [1.82, 2.24) is 20.2 Å². The Morgan fingerprint density at radius 1 is 1.20 bits per heavy atom. The Balaban J connectivity index is 1.71. The molecule has 0 aliphatic heterocycles. The smallest absolute Gasteiger partial charge is 0.186 e. The van der Waals surface area contributed by atoms with E-state index in [1.165, 1.54) is 17.7 Å². The van der Waals surface area contributed by atoms with E-state index < -0.39 is 5.92 Å². The molecule has 0 bridgehead atoms. The van der Waals surface area contributed by atoms with E-state index in [1.54, 1.807) is 18.2 Å². The van der Waals surface area contributed by atoms with Crippen LogP contribution in [0.4, 0.5) is 0 Å². The van der Waals surface area contributed by atoms with E-state index in [-0.39, 0.29) is 5.78 Å². The molecule has 0 saturated heterocycles.